The van der Waals surface area contributed by atoms with Gasteiger partial charge in [-0.1, -0.05) is 72.6 Å². The van der Waals surface area contributed by atoms with Gasteiger partial charge in [-0.25, -0.2) is 8.42 Å². The third-order valence-corrected chi connectivity index (χ3v) is 8.27. The van der Waals surface area contributed by atoms with Crippen molar-refractivity contribution in [1.29, 1.82) is 0 Å². The fraction of sp³-hybridized carbons (Fsp3) is 0.310. The van der Waals surface area contributed by atoms with Crippen molar-refractivity contribution < 1.29 is 18.0 Å². The average molecular weight is 591 g/mol. The molecule has 3 rings (SSSR count). The molecule has 7 nitrogen and oxygen atoms in total. The van der Waals surface area contributed by atoms with Crippen LogP contribution in [-0.4, -0.2) is 43.3 Å². The summed E-state index contributed by atoms with van der Waals surface area (Å²) >= 11 is 12.5. The number of nitrogens with zero attached hydrogens (tertiary/aromatic N) is 2. The molecule has 0 spiro atoms. The van der Waals surface area contributed by atoms with Gasteiger partial charge in [0.25, 0.3) is 10.0 Å². The van der Waals surface area contributed by atoms with Gasteiger partial charge in [0.15, 0.2) is 0 Å². The number of hydrogen-bond acceptors (Lipinski definition) is 4. The molecular weight excluding hydrogens is 557 g/mol. The maximum Gasteiger partial charge on any atom is 0.264 e. The van der Waals surface area contributed by atoms with Gasteiger partial charge in [-0.2, -0.15) is 0 Å². The molecule has 10 heteroatoms. The lowest BCUT2D eigenvalue weighted by Crippen LogP contribution is -2.55. The van der Waals surface area contributed by atoms with Crippen molar-refractivity contribution in [1.82, 2.24) is 10.2 Å². The first-order valence-electron chi connectivity index (χ1n) is 12.5. The smallest absolute Gasteiger partial charge is 0.264 e. The van der Waals surface area contributed by atoms with E-state index in [1.54, 1.807) is 73.7 Å². The van der Waals surface area contributed by atoms with Gasteiger partial charge in [0.1, 0.15) is 12.6 Å². The summed E-state index contributed by atoms with van der Waals surface area (Å²) in [5.74, 6) is -0.902. The van der Waals surface area contributed by atoms with Gasteiger partial charge in [-0.05, 0) is 69.2 Å². The summed E-state index contributed by atoms with van der Waals surface area (Å²) in [5, 5.41) is 3.71. The van der Waals surface area contributed by atoms with Crippen LogP contribution >= 0.6 is 23.2 Å². The highest BCUT2D eigenvalue weighted by Gasteiger charge is 2.34. The summed E-state index contributed by atoms with van der Waals surface area (Å²) in [6, 6.07) is 20.4. The molecule has 0 fully saturated rings. The Morgan fingerprint density at radius 3 is 2.05 bits per heavy atom. The normalized spacial score (nSPS) is 12.5. The van der Waals surface area contributed by atoms with E-state index >= 15 is 0 Å². The van der Waals surface area contributed by atoms with Crippen molar-refractivity contribution >= 4 is 50.7 Å². The zero-order valence-electron chi connectivity index (χ0n) is 22.4. The van der Waals surface area contributed by atoms with E-state index in [0.717, 1.165) is 4.31 Å². The van der Waals surface area contributed by atoms with Gasteiger partial charge in [0.2, 0.25) is 11.8 Å². The van der Waals surface area contributed by atoms with Crippen LogP contribution < -0.4 is 9.62 Å². The molecule has 0 aliphatic carbocycles. The highest BCUT2D eigenvalue weighted by Crippen LogP contribution is 2.27. The molecule has 208 valence electrons. The summed E-state index contributed by atoms with van der Waals surface area (Å²) in [6.07, 6.45) is 0.301. The monoisotopic (exact) mass is 589 g/mol. The third-order valence-electron chi connectivity index (χ3n) is 5.89. The third kappa shape index (κ3) is 7.97. The van der Waals surface area contributed by atoms with Gasteiger partial charge >= 0.3 is 0 Å². The van der Waals surface area contributed by atoms with Crippen LogP contribution in [0.3, 0.4) is 0 Å². The van der Waals surface area contributed by atoms with Crippen molar-refractivity contribution in [2.75, 3.05) is 10.8 Å². The summed E-state index contributed by atoms with van der Waals surface area (Å²) < 4.78 is 28.5. The first kappa shape index (κ1) is 30.5. The topological polar surface area (TPSA) is 86.8 Å². The Balaban J connectivity index is 2.06. The van der Waals surface area contributed by atoms with Gasteiger partial charge in [-0.15, -0.1) is 0 Å². The minimum atomic E-state index is -4.11. The molecule has 0 saturated carbocycles. The molecule has 3 aromatic carbocycles. The minimum Gasteiger partial charge on any atom is -0.350 e. The predicted molar refractivity (Wildman–Crippen MR) is 156 cm³/mol. The quantitative estimate of drug-likeness (QED) is 0.318. The molecule has 0 aromatic heterocycles. The fourth-order valence-corrected chi connectivity index (χ4v) is 5.95. The van der Waals surface area contributed by atoms with Crippen molar-refractivity contribution in [2.45, 2.75) is 57.1 Å². The number of amides is 2. The highest BCUT2D eigenvalue weighted by atomic mass is 35.5. The Bertz CT molecular complexity index is 1400. The second-order valence-electron chi connectivity index (χ2n) is 10.1. The summed E-state index contributed by atoms with van der Waals surface area (Å²) in [6.45, 7) is 6.81. The minimum absolute atomic E-state index is 0.0150. The van der Waals surface area contributed by atoms with Crippen LogP contribution in [0.1, 0.15) is 39.7 Å². The number of benzene rings is 3. The second kappa shape index (κ2) is 12.9. The van der Waals surface area contributed by atoms with E-state index in [-0.39, 0.29) is 17.3 Å². The molecule has 39 heavy (non-hydrogen) atoms. The maximum absolute atomic E-state index is 14.0. The second-order valence-corrected chi connectivity index (χ2v) is 12.8. The van der Waals surface area contributed by atoms with Crippen molar-refractivity contribution in [3.05, 3.63) is 94.5 Å². The lowest BCUT2D eigenvalue weighted by atomic mass is 10.1. The van der Waals surface area contributed by atoms with Crippen molar-refractivity contribution in [3.8, 4) is 0 Å². The Morgan fingerprint density at radius 1 is 0.923 bits per heavy atom. The van der Waals surface area contributed by atoms with Gasteiger partial charge in [-0.3, -0.25) is 13.9 Å². The van der Waals surface area contributed by atoms with E-state index in [1.165, 1.54) is 17.0 Å². The zero-order valence-corrected chi connectivity index (χ0v) is 24.7. The van der Waals surface area contributed by atoms with E-state index in [1.807, 2.05) is 20.8 Å². The molecule has 0 aliphatic heterocycles. The molecule has 0 heterocycles. The molecule has 0 saturated heterocycles. The van der Waals surface area contributed by atoms with Crippen LogP contribution in [0.5, 0.6) is 0 Å². The zero-order chi connectivity index (χ0) is 28.8. The molecule has 2 amide bonds. The van der Waals surface area contributed by atoms with E-state index in [9.17, 15) is 18.0 Å². The van der Waals surface area contributed by atoms with Crippen LogP contribution in [0.15, 0.2) is 83.8 Å². The van der Waals surface area contributed by atoms with Gasteiger partial charge < -0.3 is 10.2 Å². The first-order chi connectivity index (χ1) is 18.3. The molecule has 1 unspecified atom stereocenters. The van der Waals surface area contributed by atoms with E-state index < -0.39 is 34.1 Å². The Labute approximate surface area is 240 Å². The lowest BCUT2D eigenvalue weighted by molar-refractivity contribution is -0.141. The molecule has 0 bridgehead atoms. The van der Waals surface area contributed by atoms with Crippen LogP contribution in [-0.2, 0) is 26.2 Å². The summed E-state index contributed by atoms with van der Waals surface area (Å²) in [5.41, 5.74) is 0.365. The largest absolute Gasteiger partial charge is 0.350 e. The fourth-order valence-electron chi connectivity index (χ4n) is 4.05. The Hall–Kier alpha value is -3.07. The number of sulfonamides is 1. The maximum atomic E-state index is 14.0. The van der Waals surface area contributed by atoms with Crippen molar-refractivity contribution in [3.63, 3.8) is 0 Å². The van der Waals surface area contributed by atoms with Gasteiger partial charge in [0, 0.05) is 22.1 Å². The highest BCUT2D eigenvalue weighted by molar-refractivity contribution is 7.92. The number of anilines is 1. The Kier molecular flexibility index (Phi) is 10.0. The number of para-hydroxylation sites is 1. The molecule has 3 aromatic rings. The molecule has 0 aliphatic rings. The Morgan fingerprint density at radius 2 is 1.51 bits per heavy atom. The molecule has 1 atom stereocenters. The van der Waals surface area contributed by atoms with Gasteiger partial charge in [0.05, 0.1) is 10.6 Å². The van der Waals surface area contributed by atoms with E-state index in [0.29, 0.717) is 27.7 Å². The average Bonchev–Trinajstić information content (AvgIpc) is 2.88. The first-order valence-corrected chi connectivity index (χ1v) is 14.7. The summed E-state index contributed by atoms with van der Waals surface area (Å²) in [7, 11) is -4.11. The SMILES string of the molecule is CCC(C(=O)NC(C)(C)C)N(Cc1ccc(Cl)cc1Cl)C(=O)CN(c1ccccc1)S(=O)(=O)c1ccccc1. The van der Waals surface area contributed by atoms with Crippen molar-refractivity contribution in [2.24, 2.45) is 0 Å². The number of carbonyl (C=O) groups is 2. The standard InChI is InChI=1S/C29H33Cl2N3O4S/c1-5-26(28(36)32-29(2,3)4)33(19-21-16-17-22(30)18-25(21)31)27(35)20-34(23-12-8-6-9-13-23)39(37,38)24-14-10-7-11-15-24/h6-18,26H,5,19-20H2,1-4H3,(H,32,36). The number of nitrogens with one attached hydrogen (secondary N) is 1. The van der Waals surface area contributed by atoms with Crippen LogP contribution in [0.2, 0.25) is 10.0 Å². The van der Waals surface area contributed by atoms with Crippen LogP contribution in [0.4, 0.5) is 5.69 Å². The van der Waals surface area contributed by atoms with E-state index in [2.05, 4.69) is 5.32 Å². The number of rotatable bonds is 10. The summed E-state index contributed by atoms with van der Waals surface area (Å²) in [4.78, 5) is 28.8. The van der Waals surface area contributed by atoms with E-state index in [4.69, 9.17) is 23.2 Å². The predicted octanol–water partition coefficient (Wildman–Crippen LogP) is 5.91. The van der Waals surface area contributed by atoms with Crippen LogP contribution in [0, 0.1) is 0 Å². The lowest BCUT2D eigenvalue weighted by Gasteiger charge is -2.35. The number of hydrogen-bond donors (Lipinski definition) is 1. The number of carbonyl (C=O) groups excluding carboxylic acids is 2. The molecular formula is C29H33Cl2N3O4S. The molecule has 0 radical (unpaired) electrons. The van der Waals surface area contributed by atoms with Crippen LogP contribution in [0.25, 0.3) is 0 Å². The molecule has 1 N–H and O–H groups in total. The number of halogens is 2.